The first-order valence-corrected chi connectivity index (χ1v) is 19.3. The van der Waals surface area contributed by atoms with Crippen molar-refractivity contribution >= 4 is 17.9 Å². The van der Waals surface area contributed by atoms with Crippen LogP contribution in [0.1, 0.15) is 140 Å². The largest absolute Gasteiger partial charge is 0.493 e. The third-order valence-electron chi connectivity index (χ3n) is 11.7. The van der Waals surface area contributed by atoms with E-state index in [1.54, 1.807) is 13.2 Å². The summed E-state index contributed by atoms with van der Waals surface area (Å²) < 4.78 is 23.4. The van der Waals surface area contributed by atoms with Gasteiger partial charge < -0.3 is 34.1 Å². The number of rotatable bonds is 22. The highest BCUT2D eigenvalue weighted by Crippen LogP contribution is 2.65. The fourth-order valence-corrected chi connectivity index (χ4v) is 8.96. The Kier molecular flexibility index (Phi) is 13.3. The number of methoxy groups -OCH3 is 1. The van der Waals surface area contributed by atoms with Crippen LogP contribution in [-0.2, 0) is 35.7 Å². The Labute approximate surface area is 297 Å². The second-order valence-corrected chi connectivity index (χ2v) is 15.0. The minimum absolute atomic E-state index is 0.110. The van der Waals surface area contributed by atoms with Gasteiger partial charge in [-0.1, -0.05) is 103 Å². The summed E-state index contributed by atoms with van der Waals surface area (Å²) in [4.78, 5) is 40.1. The normalized spacial score (nSPS) is 25.2. The molecule has 1 saturated heterocycles. The molecule has 50 heavy (non-hydrogen) atoms. The van der Waals surface area contributed by atoms with E-state index < -0.39 is 47.6 Å². The highest BCUT2D eigenvalue weighted by atomic mass is 16.6. The van der Waals surface area contributed by atoms with Crippen LogP contribution in [0, 0.1) is 0 Å². The number of carbonyl (C=O) groups is 3. The first kappa shape index (κ1) is 38.1. The lowest BCUT2D eigenvalue weighted by Crippen LogP contribution is -2.74. The van der Waals surface area contributed by atoms with Gasteiger partial charge in [0.25, 0.3) is 0 Å². The molecule has 278 valence electrons. The monoisotopic (exact) mass is 697 g/mol. The summed E-state index contributed by atoms with van der Waals surface area (Å²) in [6.07, 6.45) is 18.2. The lowest BCUT2D eigenvalue weighted by molar-refractivity contribution is -0.177. The standard InChI is InChI=1S/C40H59NO9/c1-4-5-6-7-8-9-10-11-12-13-14-15-16-17-18-19-34(44)48-31(27-33(42)43)38(45)49-30-22-23-40(46)32-26-28-20-21-29(47-3)36-35(28)39(40,37(30)50-36)24-25-41(32)2/h20-22,31-32,37,46H,4-19,23-27H2,1-3H3,(H,42,43)/t31?,32-,37+,39+,40-/m1/s1. The molecule has 2 aliphatic carbocycles. The Balaban J connectivity index is 1.10. The molecule has 0 saturated carbocycles. The van der Waals surface area contributed by atoms with Crippen molar-refractivity contribution in [3.05, 3.63) is 35.1 Å². The Morgan fingerprint density at radius 1 is 0.960 bits per heavy atom. The molecule has 5 rings (SSSR count). The summed E-state index contributed by atoms with van der Waals surface area (Å²) >= 11 is 0. The maximum atomic E-state index is 13.5. The smallest absolute Gasteiger partial charge is 0.353 e. The second kappa shape index (κ2) is 17.4. The van der Waals surface area contributed by atoms with Crippen molar-refractivity contribution in [3.63, 3.8) is 0 Å². The maximum Gasteiger partial charge on any atom is 0.353 e. The SMILES string of the molecule is CCCCCCCCCCCCCCCCCC(=O)OC(CC(=O)O)C(=O)OC1=CC[C@@]2(O)[C@H]3Cc4ccc(OC)c5c4[C@@]2(CCN3C)[C@H]1O5. The van der Waals surface area contributed by atoms with Crippen LogP contribution in [0.15, 0.2) is 24.0 Å². The van der Waals surface area contributed by atoms with Gasteiger partial charge in [-0.25, -0.2) is 4.79 Å². The van der Waals surface area contributed by atoms with E-state index in [4.69, 9.17) is 18.9 Å². The van der Waals surface area contributed by atoms with Crippen molar-refractivity contribution in [2.75, 3.05) is 20.7 Å². The zero-order valence-electron chi connectivity index (χ0n) is 30.5. The molecule has 0 radical (unpaired) electrons. The van der Waals surface area contributed by atoms with E-state index in [1.807, 2.05) is 19.2 Å². The third kappa shape index (κ3) is 8.01. The number of unbranched alkanes of at least 4 members (excludes halogenated alkanes) is 14. The Morgan fingerprint density at radius 2 is 1.58 bits per heavy atom. The molecular formula is C40H59NO9. The summed E-state index contributed by atoms with van der Waals surface area (Å²) in [6.45, 7) is 2.96. The zero-order chi connectivity index (χ0) is 35.7. The molecule has 2 aliphatic heterocycles. The van der Waals surface area contributed by atoms with Crippen LogP contribution in [0.25, 0.3) is 0 Å². The number of carbonyl (C=O) groups excluding carboxylic acids is 2. The van der Waals surface area contributed by atoms with Gasteiger partial charge in [-0.3, -0.25) is 9.59 Å². The van der Waals surface area contributed by atoms with E-state index in [0.29, 0.717) is 37.3 Å². The number of likely N-dealkylation sites (N-methyl/N-ethyl adjacent to an activating group) is 1. The molecule has 0 aromatic heterocycles. The van der Waals surface area contributed by atoms with E-state index in [2.05, 4.69) is 11.8 Å². The number of carboxylic acids is 1. The molecule has 2 N–H and O–H groups in total. The van der Waals surface area contributed by atoms with Crippen LogP contribution in [0.3, 0.4) is 0 Å². The number of hydrogen-bond acceptors (Lipinski definition) is 9. The minimum atomic E-state index is -1.60. The molecule has 1 fully saturated rings. The fourth-order valence-electron chi connectivity index (χ4n) is 8.96. The van der Waals surface area contributed by atoms with Gasteiger partial charge in [-0.2, -0.15) is 0 Å². The van der Waals surface area contributed by atoms with Crippen LogP contribution in [0.4, 0.5) is 0 Å². The van der Waals surface area contributed by atoms with Gasteiger partial charge in [-0.15, -0.1) is 0 Å². The van der Waals surface area contributed by atoms with E-state index in [0.717, 1.165) is 30.4 Å². The average molecular weight is 698 g/mol. The van der Waals surface area contributed by atoms with Crippen molar-refractivity contribution < 1.29 is 43.5 Å². The quantitative estimate of drug-likeness (QED) is 0.0950. The van der Waals surface area contributed by atoms with Gasteiger partial charge in [-0.05, 0) is 50.6 Å². The summed E-state index contributed by atoms with van der Waals surface area (Å²) in [7, 11) is 3.58. The van der Waals surface area contributed by atoms with Gasteiger partial charge in [0.2, 0.25) is 6.10 Å². The van der Waals surface area contributed by atoms with Crippen LogP contribution >= 0.6 is 0 Å². The minimum Gasteiger partial charge on any atom is -0.493 e. The fraction of sp³-hybridized carbons (Fsp3) is 0.725. The molecule has 4 aliphatic rings. The summed E-state index contributed by atoms with van der Waals surface area (Å²) in [5.41, 5.74) is -0.0925. The van der Waals surface area contributed by atoms with Gasteiger partial charge in [0, 0.05) is 24.4 Å². The van der Waals surface area contributed by atoms with Crippen molar-refractivity contribution in [1.29, 1.82) is 0 Å². The molecule has 0 amide bonds. The number of carboxylic acid groups (broad SMARTS) is 1. The summed E-state index contributed by atoms with van der Waals surface area (Å²) in [5, 5.41) is 21.9. The maximum absolute atomic E-state index is 13.5. The van der Waals surface area contributed by atoms with Gasteiger partial charge in [0.15, 0.2) is 17.6 Å². The lowest BCUT2D eigenvalue weighted by atomic mass is 9.50. The number of likely N-dealkylation sites (tertiary alicyclic amines) is 1. The highest BCUT2D eigenvalue weighted by Gasteiger charge is 2.72. The molecule has 1 spiro atoms. The number of esters is 2. The number of aliphatic carboxylic acids is 1. The van der Waals surface area contributed by atoms with Gasteiger partial charge in [0.05, 0.1) is 24.5 Å². The molecule has 1 unspecified atom stereocenters. The number of hydrogen-bond donors (Lipinski definition) is 2. The Hall–Kier alpha value is -3.11. The van der Waals surface area contributed by atoms with Crippen molar-refractivity contribution in [3.8, 4) is 11.5 Å². The van der Waals surface area contributed by atoms with Crippen molar-refractivity contribution in [2.24, 2.45) is 0 Å². The Bertz CT molecular complexity index is 1380. The third-order valence-corrected chi connectivity index (χ3v) is 11.7. The zero-order valence-corrected chi connectivity index (χ0v) is 30.5. The highest BCUT2D eigenvalue weighted by molar-refractivity contribution is 5.84. The van der Waals surface area contributed by atoms with Crippen molar-refractivity contribution in [1.82, 2.24) is 4.90 Å². The molecule has 10 nitrogen and oxygen atoms in total. The second-order valence-electron chi connectivity index (χ2n) is 15.0. The topological polar surface area (TPSA) is 132 Å². The summed E-state index contributed by atoms with van der Waals surface area (Å²) in [5.74, 6) is -1.58. The van der Waals surface area contributed by atoms with E-state index in [-0.39, 0.29) is 24.6 Å². The lowest BCUT2D eigenvalue weighted by Gasteiger charge is -2.61. The number of benzene rings is 1. The van der Waals surface area contributed by atoms with Crippen LogP contribution < -0.4 is 9.47 Å². The first-order chi connectivity index (χ1) is 24.2. The number of aliphatic hydroxyl groups is 1. The molecular weight excluding hydrogens is 638 g/mol. The number of piperidine rings is 1. The molecule has 2 bridgehead atoms. The van der Waals surface area contributed by atoms with E-state index >= 15 is 0 Å². The first-order valence-electron chi connectivity index (χ1n) is 19.3. The molecule has 2 heterocycles. The van der Waals surface area contributed by atoms with Crippen LogP contribution in [-0.4, -0.2) is 77.6 Å². The van der Waals surface area contributed by atoms with Gasteiger partial charge in [0.1, 0.15) is 5.76 Å². The van der Waals surface area contributed by atoms with E-state index in [9.17, 15) is 24.6 Å². The average Bonchev–Trinajstić information content (AvgIpc) is 3.45. The number of ether oxygens (including phenoxy) is 4. The molecule has 5 atom stereocenters. The number of nitrogens with zero attached hydrogens (tertiary/aromatic N) is 1. The van der Waals surface area contributed by atoms with E-state index in [1.165, 1.54) is 70.6 Å². The van der Waals surface area contributed by atoms with Crippen LogP contribution in [0.2, 0.25) is 0 Å². The molecule has 10 heteroatoms. The van der Waals surface area contributed by atoms with Crippen molar-refractivity contribution in [2.45, 2.75) is 165 Å². The summed E-state index contributed by atoms with van der Waals surface area (Å²) in [6, 6.07) is 3.71. The van der Waals surface area contributed by atoms with Crippen LogP contribution in [0.5, 0.6) is 11.5 Å². The Morgan fingerprint density at radius 3 is 2.18 bits per heavy atom. The predicted octanol–water partition coefficient (Wildman–Crippen LogP) is 7.16. The molecule has 1 aromatic carbocycles. The predicted molar refractivity (Wildman–Crippen MR) is 189 cm³/mol. The molecule has 1 aromatic rings. The van der Waals surface area contributed by atoms with Gasteiger partial charge >= 0.3 is 17.9 Å².